The molecule has 1 aliphatic heterocycles. The molecule has 0 saturated heterocycles. The molecular weight excluding hydrogens is 242 g/mol. The number of allylic oxidation sites excluding steroid dienone is 4. The van der Waals surface area contributed by atoms with Gasteiger partial charge in [-0.2, -0.15) is 0 Å². The number of carboxylic acids is 1. The number of aliphatic carboxylic acids is 1. The number of nitrogens with one attached hydrogen (secondary N) is 1. The smallest absolute Gasteiger partial charge is 0.336 e. The van der Waals surface area contributed by atoms with Crippen molar-refractivity contribution in [2.24, 2.45) is 0 Å². The first-order valence-electron chi connectivity index (χ1n) is 5.93. The van der Waals surface area contributed by atoms with E-state index in [2.05, 4.69) is 5.32 Å². The summed E-state index contributed by atoms with van der Waals surface area (Å²) in [5, 5.41) is 12.3. The Kier molecular flexibility index (Phi) is 2.56. The molecular formula is C15H11NO3. The van der Waals surface area contributed by atoms with Crippen LogP contribution in [0.2, 0.25) is 0 Å². The van der Waals surface area contributed by atoms with Gasteiger partial charge in [-0.25, -0.2) is 4.79 Å². The molecule has 0 radical (unpaired) electrons. The van der Waals surface area contributed by atoms with E-state index in [4.69, 9.17) is 0 Å². The van der Waals surface area contributed by atoms with Crippen molar-refractivity contribution in [2.45, 2.75) is 6.42 Å². The Hall–Kier alpha value is -2.62. The Balaban J connectivity index is 2.34. The highest BCUT2D eigenvalue weighted by Crippen LogP contribution is 2.32. The molecule has 94 valence electrons. The van der Waals surface area contributed by atoms with Crippen LogP contribution in [0.4, 0.5) is 0 Å². The van der Waals surface area contributed by atoms with Gasteiger partial charge >= 0.3 is 5.97 Å². The SMILES string of the molecule is O=C(O)C1=C2CC=CC=C2NC(=O)c2ccccc21. The molecule has 0 spiro atoms. The fourth-order valence-electron chi connectivity index (χ4n) is 2.41. The van der Waals surface area contributed by atoms with Gasteiger partial charge in [0, 0.05) is 16.8 Å². The molecule has 2 aliphatic rings. The van der Waals surface area contributed by atoms with Crippen molar-refractivity contribution >= 4 is 17.4 Å². The summed E-state index contributed by atoms with van der Waals surface area (Å²) in [5.41, 5.74) is 2.28. The standard InChI is InChI=1S/C15H11NO3/c17-14-10-6-2-1-5-9(10)13(15(18)19)11-7-3-4-8-12(11)16-14/h1-6,8H,7H2,(H,16,17)(H,18,19). The highest BCUT2D eigenvalue weighted by atomic mass is 16.4. The fourth-order valence-corrected chi connectivity index (χ4v) is 2.41. The number of carboxylic acid groups (broad SMARTS) is 1. The van der Waals surface area contributed by atoms with Crippen molar-refractivity contribution < 1.29 is 14.7 Å². The first-order valence-corrected chi connectivity index (χ1v) is 5.93. The van der Waals surface area contributed by atoms with Crippen LogP contribution in [-0.4, -0.2) is 17.0 Å². The van der Waals surface area contributed by atoms with Gasteiger partial charge in [0.1, 0.15) is 0 Å². The van der Waals surface area contributed by atoms with E-state index < -0.39 is 5.97 Å². The van der Waals surface area contributed by atoms with E-state index in [0.717, 1.165) is 0 Å². The van der Waals surface area contributed by atoms with Gasteiger partial charge in [0.2, 0.25) is 0 Å². The zero-order valence-electron chi connectivity index (χ0n) is 10.0. The van der Waals surface area contributed by atoms with E-state index >= 15 is 0 Å². The molecule has 2 N–H and O–H groups in total. The van der Waals surface area contributed by atoms with Gasteiger partial charge in [-0.1, -0.05) is 30.4 Å². The van der Waals surface area contributed by atoms with E-state index in [-0.39, 0.29) is 11.5 Å². The van der Waals surface area contributed by atoms with Crippen molar-refractivity contribution in [3.05, 3.63) is 64.9 Å². The van der Waals surface area contributed by atoms with Gasteiger partial charge < -0.3 is 10.4 Å². The van der Waals surface area contributed by atoms with Crippen molar-refractivity contribution in [2.75, 3.05) is 0 Å². The Labute approximate surface area is 109 Å². The topological polar surface area (TPSA) is 66.4 Å². The lowest BCUT2D eigenvalue weighted by Gasteiger charge is -2.14. The number of rotatable bonds is 1. The first-order chi connectivity index (χ1) is 9.18. The van der Waals surface area contributed by atoms with Crippen molar-refractivity contribution in [3.63, 3.8) is 0 Å². The zero-order chi connectivity index (χ0) is 13.4. The van der Waals surface area contributed by atoms with Crippen molar-refractivity contribution in [1.82, 2.24) is 5.32 Å². The van der Waals surface area contributed by atoms with E-state index in [1.807, 2.05) is 12.2 Å². The van der Waals surface area contributed by atoms with Crippen LogP contribution in [0.15, 0.2) is 53.8 Å². The Morgan fingerprint density at radius 2 is 1.95 bits per heavy atom. The average molecular weight is 253 g/mol. The highest BCUT2D eigenvalue weighted by molar-refractivity contribution is 6.21. The minimum Gasteiger partial charge on any atom is -0.478 e. The molecule has 1 amide bonds. The molecule has 4 heteroatoms. The molecule has 0 unspecified atom stereocenters. The summed E-state index contributed by atoms with van der Waals surface area (Å²) in [6.45, 7) is 0. The number of carbonyl (C=O) groups is 2. The molecule has 1 heterocycles. The Morgan fingerprint density at radius 1 is 1.21 bits per heavy atom. The van der Waals surface area contributed by atoms with Crippen LogP contribution in [0.25, 0.3) is 5.57 Å². The van der Waals surface area contributed by atoms with Gasteiger partial charge in [-0.15, -0.1) is 0 Å². The summed E-state index contributed by atoms with van der Waals surface area (Å²) in [4.78, 5) is 23.7. The van der Waals surface area contributed by atoms with Crippen LogP contribution in [0.1, 0.15) is 22.3 Å². The van der Waals surface area contributed by atoms with Crippen LogP contribution >= 0.6 is 0 Å². The number of hydrogen-bond donors (Lipinski definition) is 2. The average Bonchev–Trinajstić information content (AvgIpc) is 2.53. The molecule has 4 nitrogen and oxygen atoms in total. The second kappa shape index (κ2) is 4.24. The predicted molar refractivity (Wildman–Crippen MR) is 70.3 cm³/mol. The number of carbonyl (C=O) groups excluding carboxylic acids is 1. The summed E-state index contributed by atoms with van der Waals surface area (Å²) in [5.74, 6) is -1.29. The lowest BCUT2D eigenvalue weighted by Crippen LogP contribution is -2.23. The number of benzene rings is 1. The molecule has 1 aromatic rings. The maximum absolute atomic E-state index is 12.1. The number of fused-ring (bicyclic) bond motifs is 2. The normalized spacial score (nSPS) is 17.1. The van der Waals surface area contributed by atoms with Crippen LogP contribution in [-0.2, 0) is 4.79 Å². The fraction of sp³-hybridized carbons (Fsp3) is 0.0667. The highest BCUT2D eigenvalue weighted by Gasteiger charge is 2.28. The molecule has 0 atom stereocenters. The second-order valence-electron chi connectivity index (χ2n) is 4.37. The summed E-state index contributed by atoms with van der Waals surface area (Å²) < 4.78 is 0. The van der Waals surface area contributed by atoms with Gasteiger partial charge in [-0.05, 0) is 24.1 Å². The van der Waals surface area contributed by atoms with Gasteiger partial charge in [-0.3, -0.25) is 4.79 Å². The molecule has 19 heavy (non-hydrogen) atoms. The molecule has 0 bridgehead atoms. The molecule has 1 aromatic carbocycles. The van der Waals surface area contributed by atoms with E-state index in [9.17, 15) is 14.7 Å². The summed E-state index contributed by atoms with van der Waals surface area (Å²) in [6.07, 6.45) is 5.92. The molecule has 1 aliphatic carbocycles. The lowest BCUT2D eigenvalue weighted by molar-refractivity contribution is -0.130. The third-order valence-electron chi connectivity index (χ3n) is 3.25. The maximum atomic E-state index is 12.1. The minimum atomic E-state index is -1.01. The molecule has 0 fully saturated rings. The second-order valence-corrected chi connectivity index (χ2v) is 4.37. The van der Waals surface area contributed by atoms with Crippen LogP contribution in [0.3, 0.4) is 0 Å². The van der Waals surface area contributed by atoms with E-state index in [1.54, 1.807) is 30.3 Å². The zero-order valence-corrected chi connectivity index (χ0v) is 10.0. The van der Waals surface area contributed by atoms with Crippen LogP contribution in [0.5, 0.6) is 0 Å². The summed E-state index contributed by atoms with van der Waals surface area (Å²) in [6, 6.07) is 6.78. The van der Waals surface area contributed by atoms with E-state index in [0.29, 0.717) is 28.8 Å². The van der Waals surface area contributed by atoms with Crippen LogP contribution < -0.4 is 5.32 Å². The number of hydrogen-bond acceptors (Lipinski definition) is 2. The Bertz CT molecular complexity index is 680. The number of amides is 1. The van der Waals surface area contributed by atoms with Crippen LogP contribution in [0, 0.1) is 0 Å². The quantitative estimate of drug-likeness (QED) is 0.805. The summed E-state index contributed by atoms with van der Waals surface area (Å²) in [7, 11) is 0. The third-order valence-corrected chi connectivity index (χ3v) is 3.25. The summed E-state index contributed by atoms with van der Waals surface area (Å²) >= 11 is 0. The van der Waals surface area contributed by atoms with Gasteiger partial charge in [0.05, 0.1) is 5.57 Å². The van der Waals surface area contributed by atoms with Crippen molar-refractivity contribution in [3.8, 4) is 0 Å². The van der Waals surface area contributed by atoms with Gasteiger partial charge in [0.25, 0.3) is 5.91 Å². The first kappa shape index (κ1) is 11.5. The molecule has 0 aromatic heterocycles. The lowest BCUT2D eigenvalue weighted by atomic mass is 9.92. The van der Waals surface area contributed by atoms with Gasteiger partial charge in [0.15, 0.2) is 0 Å². The third kappa shape index (κ3) is 1.78. The van der Waals surface area contributed by atoms with E-state index in [1.165, 1.54) is 0 Å². The predicted octanol–water partition coefficient (Wildman–Crippen LogP) is 2.11. The maximum Gasteiger partial charge on any atom is 0.336 e. The monoisotopic (exact) mass is 253 g/mol. The molecule has 0 saturated carbocycles. The molecule has 3 rings (SSSR count). The minimum absolute atomic E-state index is 0.199. The Morgan fingerprint density at radius 3 is 2.68 bits per heavy atom. The van der Waals surface area contributed by atoms with Crippen molar-refractivity contribution in [1.29, 1.82) is 0 Å². The largest absolute Gasteiger partial charge is 0.478 e.